The topological polar surface area (TPSA) is 55.6 Å². The number of carbonyl (C=O) groups is 1. The zero-order chi connectivity index (χ0) is 11.4. The fourth-order valence-corrected chi connectivity index (χ4v) is 1.98. The standard InChI is InChI=1S/C11H22N2O2.ClH/c1-8(2)15-7-11(14)13-6-10(5-12)4-9(13)3;/h8-10H,4-7,12H2,1-3H3;1H. The molecule has 2 N–H and O–H groups in total. The van der Waals surface area contributed by atoms with Gasteiger partial charge in [-0.3, -0.25) is 4.79 Å². The minimum absolute atomic E-state index is 0. The smallest absolute Gasteiger partial charge is 0.248 e. The first kappa shape index (κ1) is 15.7. The van der Waals surface area contributed by atoms with Gasteiger partial charge in [0.1, 0.15) is 6.61 Å². The maximum Gasteiger partial charge on any atom is 0.248 e. The summed E-state index contributed by atoms with van der Waals surface area (Å²) < 4.78 is 5.31. The molecular formula is C11H23ClN2O2. The molecular weight excluding hydrogens is 228 g/mol. The van der Waals surface area contributed by atoms with E-state index in [1.165, 1.54) is 0 Å². The van der Waals surface area contributed by atoms with Crippen molar-refractivity contribution in [2.45, 2.75) is 39.3 Å². The zero-order valence-corrected chi connectivity index (χ0v) is 11.1. The predicted molar refractivity (Wildman–Crippen MR) is 66.7 cm³/mol. The van der Waals surface area contributed by atoms with Crippen LogP contribution in [0.2, 0.25) is 0 Å². The summed E-state index contributed by atoms with van der Waals surface area (Å²) in [5.74, 6) is 0.551. The molecule has 2 atom stereocenters. The highest BCUT2D eigenvalue weighted by atomic mass is 35.5. The molecule has 0 bridgehead atoms. The number of amides is 1. The lowest BCUT2D eigenvalue weighted by Crippen LogP contribution is -2.37. The summed E-state index contributed by atoms with van der Waals surface area (Å²) in [5.41, 5.74) is 5.61. The van der Waals surface area contributed by atoms with Crippen LogP contribution in [0.3, 0.4) is 0 Å². The third-order valence-electron chi connectivity index (χ3n) is 2.86. The molecule has 1 rings (SSSR count). The Kier molecular flexibility index (Phi) is 6.95. The molecule has 16 heavy (non-hydrogen) atoms. The number of halogens is 1. The van der Waals surface area contributed by atoms with Gasteiger partial charge in [0.05, 0.1) is 6.10 Å². The van der Waals surface area contributed by atoms with Gasteiger partial charge in [-0.1, -0.05) is 0 Å². The highest BCUT2D eigenvalue weighted by Crippen LogP contribution is 2.22. The van der Waals surface area contributed by atoms with Crippen LogP contribution in [0.1, 0.15) is 27.2 Å². The Morgan fingerprint density at radius 1 is 1.56 bits per heavy atom. The lowest BCUT2D eigenvalue weighted by Gasteiger charge is -2.22. The van der Waals surface area contributed by atoms with E-state index in [4.69, 9.17) is 10.5 Å². The van der Waals surface area contributed by atoms with Gasteiger partial charge in [-0.2, -0.15) is 0 Å². The quantitative estimate of drug-likeness (QED) is 0.811. The first-order valence-electron chi connectivity index (χ1n) is 5.65. The number of rotatable bonds is 4. The second kappa shape index (κ2) is 7.09. The van der Waals surface area contributed by atoms with Crippen molar-refractivity contribution < 1.29 is 9.53 Å². The third-order valence-corrected chi connectivity index (χ3v) is 2.86. The molecule has 2 unspecified atom stereocenters. The number of hydrogen-bond donors (Lipinski definition) is 1. The van der Waals surface area contributed by atoms with E-state index in [-0.39, 0.29) is 31.0 Å². The average molecular weight is 251 g/mol. The predicted octanol–water partition coefficient (Wildman–Crippen LogP) is 1.03. The van der Waals surface area contributed by atoms with E-state index in [2.05, 4.69) is 6.92 Å². The third kappa shape index (κ3) is 4.28. The van der Waals surface area contributed by atoms with E-state index in [9.17, 15) is 4.79 Å². The van der Waals surface area contributed by atoms with Crippen LogP contribution in [0.15, 0.2) is 0 Å². The van der Waals surface area contributed by atoms with Gasteiger partial charge in [-0.15, -0.1) is 12.4 Å². The SMILES string of the molecule is CC(C)OCC(=O)N1CC(CN)CC1C.Cl. The molecule has 0 aromatic rings. The molecule has 96 valence electrons. The van der Waals surface area contributed by atoms with Crippen molar-refractivity contribution in [2.75, 3.05) is 19.7 Å². The number of ether oxygens (including phenoxy) is 1. The number of likely N-dealkylation sites (tertiary alicyclic amines) is 1. The Morgan fingerprint density at radius 2 is 2.19 bits per heavy atom. The summed E-state index contributed by atoms with van der Waals surface area (Å²) in [6.45, 7) is 7.59. The van der Waals surface area contributed by atoms with Gasteiger partial charge >= 0.3 is 0 Å². The van der Waals surface area contributed by atoms with Crippen molar-refractivity contribution in [1.82, 2.24) is 4.90 Å². The van der Waals surface area contributed by atoms with Gasteiger partial charge < -0.3 is 15.4 Å². The molecule has 0 aromatic heterocycles. The lowest BCUT2D eigenvalue weighted by atomic mass is 10.1. The number of nitrogens with two attached hydrogens (primary N) is 1. The Hall–Kier alpha value is -0.320. The van der Waals surface area contributed by atoms with Crippen molar-refractivity contribution in [2.24, 2.45) is 11.7 Å². The van der Waals surface area contributed by atoms with Crippen molar-refractivity contribution in [3.8, 4) is 0 Å². The summed E-state index contributed by atoms with van der Waals surface area (Å²) in [5, 5.41) is 0. The Bertz CT molecular complexity index is 224. The van der Waals surface area contributed by atoms with Crippen molar-refractivity contribution in [3.63, 3.8) is 0 Å². The van der Waals surface area contributed by atoms with E-state index >= 15 is 0 Å². The van der Waals surface area contributed by atoms with Gasteiger partial charge in [0.25, 0.3) is 0 Å². The molecule has 0 aliphatic carbocycles. The van der Waals surface area contributed by atoms with Crippen LogP contribution in [-0.2, 0) is 9.53 Å². The molecule has 5 heteroatoms. The molecule has 4 nitrogen and oxygen atoms in total. The summed E-state index contributed by atoms with van der Waals surface area (Å²) in [4.78, 5) is 13.7. The Morgan fingerprint density at radius 3 is 2.62 bits per heavy atom. The zero-order valence-electron chi connectivity index (χ0n) is 10.3. The summed E-state index contributed by atoms with van der Waals surface area (Å²) >= 11 is 0. The first-order valence-corrected chi connectivity index (χ1v) is 5.65. The van der Waals surface area contributed by atoms with Gasteiger partial charge in [0.15, 0.2) is 0 Å². The first-order chi connectivity index (χ1) is 7.04. The maximum absolute atomic E-state index is 11.8. The van der Waals surface area contributed by atoms with E-state index in [0.717, 1.165) is 13.0 Å². The molecule has 0 saturated carbocycles. The van der Waals surface area contributed by atoms with E-state index in [1.54, 1.807) is 0 Å². The largest absolute Gasteiger partial charge is 0.369 e. The molecule has 0 radical (unpaired) electrons. The molecule has 0 spiro atoms. The molecule has 1 aliphatic rings. The van der Waals surface area contributed by atoms with Crippen LogP contribution in [0.4, 0.5) is 0 Å². The van der Waals surface area contributed by atoms with Crippen LogP contribution in [0, 0.1) is 5.92 Å². The van der Waals surface area contributed by atoms with Crippen molar-refractivity contribution >= 4 is 18.3 Å². The number of hydrogen-bond acceptors (Lipinski definition) is 3. The molecule has 1 aliphatic heterocycles. The minimum atomic E-state index is 0. The summed E-state index contributed by atoms with van der Waals surface area (Å²) in [6.07, 6.45) is 1.13. The summed E-state index contributed by atoms with van der Waals surface area (Å²) in [6, 6.07) is 0.307. The number of nitrogens with zero attached hydrogens (tertiary/aromatic N) is 1. The van der Waals surface area contributed by atoms with Gasteiger partial charge in [-0.25, -0.2) is 0 Å². The van der Waals surface area contributed by atoms with Crippen LogP contribution < -0.4 is 5.73 Å². The van der Waals surface area contributed by atoms with Crippen LogP contribution in [0.25, 0.3) is 0 Å². The van der Waals surface area contributed by atoms with E-state index in [1.807, 2.05) is 18.7 Å². The normalized spacial score (nSPS) is 24.7. The van der Waals surface area contributed by atoms with E-state index < -0.39 is 0 Å². The average Bonchev–Trinajstić information content (AvgIpc) is 2.56. The highest BCUT2D eigenvalue weighted by Gasteiger charge is 2.31. The van der Waals surface area contributed by atoms with E-state index in [0.29, 0.717) is 18.5 Å². The van der Waals surface area contributed by atoms with Crippen molar-refractivity contribution in [3.05, 3.63) is 0 Å². The van der Waals surface area contributed by atoms with Crippen LogP contribution in [-0.4, -0.2) is 42.6 Å². The van der Waals surface area contributed by atoms with Gasteiger partial charge in [0.2, 0.25) is 5.91 Å². The second-order valence-corrected chi connectivity index (χ2v) is 4.59. The van der Waals surface area contributed by atoms with Gasteiger partial charge in [0, 0.05) is 12.6 Å². The monoisotopic (exact) mass is 250 g/mol. The Labute approximate surface area is 104 Å². The second-order valence-electron chi connectivity index (χ2n) is 4.59. The molecule has 1 fully saturated rings. The fraction of sp³-hybridized carbons (Fsp3) is 0.909. The van der Waals surface area contributed by atoms with Gasteiger partial charge in [-0.05, 0) is 39.7 Å². The molecule has 0 aromatic carbocycles. The highest BCUT2D eigenvalue weighted by molar-refractivity contribution is 5.85. The van der Waals surface area contributed by atoms with Crippen molar-refractivity contribution in [1.29, 1.82) is 0 Å². The molecule has 1 amide bonds. The summed E-state index contributed by atoms with van der Waals surface area (Å²) in [7, 11) is 0. The molecule has 1 heterocycles. The minimum Gasteiger partial charge on any atom is -0.369 e. The fourth-order valence-electron chi connectivity index (χ4n) is 1.98. The number of carbonyl (C=O) groups excluding carboxylic acids is 1. The maximum atomic E-state index is 11.8. The van der Waals surface area contributed by atoms with Crippen LogP contribution >= 0.6 is 12.4 Å². The lowest BCUT2D eigenvalue weighted by molar-refractivity contribution is -0.138. The Balaban J connectivity index is 0.00000225. The molecule has 1 saturated heterocycles. The van der Waals surface area contributed by atoms with Crippen LogP contribution in [0.5, 0.6) is 0 Å².